The molecule has 5 heterocycles. The van der Waals surface area contributed by atoms with E-state index in [1.54, 1.807) is 29.7 Å². The van der Waals surface area contributed by atoms with Crippen LogP contribution in [0.4, 0.5) is 0 Å². The molecule has 188 valence electrons. The highest BCUT2D eigenvalue weighted by molar-refractivity contribution is 5.98. The zero-order valence-corrected chi connectivity index (χ0v) is 20.2. The van der Waals surface area contributed by atoms with Crippen molar-refractivity contribution >= 4 is 17.8 Å². The molecule has 1 atom stereocenters. The first kappa shape index (κ1) is 22.8. The van der Waals surface area contributed by atoms with Crippen LogP contribution in [-0.4, -0.2) is 55.6 Å². The quantitative estimate of drug-likeness (QED) is 0.383. The summed E-state index contributed by atoms with van der Waals surface area (Å²) in [5.41, 5.74) is 2.65. The summed E-state index contributed by atoms with van der Waals surface area (Å²) < 4.78 is 17.1. The molecule has 0 N–H and O–H groups in total. The number of hydrogen-bond donors (Lipinski definition) is 0. The molecule has 4 aromatic rings. The van der Waals surface area contributed by atoms with E-state index in [1.807, 2.05) is 41.1 Å². The summed E-state index contributed by atoms with van der Waals surface area (Å²) in [4.78, 5) is 43.0. The Morgan fingerprint density at radius 2 is 1.70 bits per heavy atom. The smallest absolute Gasteiger partial charge is 0.343 e. The second-order valence-electron chi connectivity index (χ2n) is 9.15. The number of esters is 1. The molecule has 0 saturated carbocycles. The second-order valence-corrected chi connectivity index (χ2v) is 9.15. The first-order valence-electron chi connectivity index (χ1n) is 11.8. The van der Waals surface area contributed by atoms with Gasteiger partial charge in [-0.15, -0.1) is 0 Å². The van der Waals surface area contributed by atoms with Crippen molar-refractivity contribution in [3.05, 3.63) is 94.5 Å². The maximum absolute atomic E-state index is 13.7. The minimum absolute atomic E-state index is 0.0453. The molecule has 0 radical (unpaired) electrons. The van der Waals surface area contributed by atoms with E-state index in [2.05, 4.69) is 10.3 Å². The lowest BCUT2D eigenvalue weighted by atomic mass is 9.93. The highest BCUT2D eigenvalue weighted by atomic mass is 16.5. The van der Waals surface area contributed by atoms with Gasteiger partial charge in [-0.3, -0.25) is 9.59 Å². The molecule has 0 spiro atoms. The van der Waals surface area contributed by atoms with Crippen LogP contribution in [0.15, 0.2) is 64.2 Å². The lowest BCUT2D eigenvalue weighted by Crippen LogP contribution is -2.60. The zero-order chi connectivity index (χ0) is 25.7. The lowest BCUT2D eigenvalue weighted by molar-refractivity contribution is -0.00603. The minimum Gasteiger partial charge on any atom is -0.457 e. The van der Waals surface area contributed by atoms with Crippen LogP contribution in [0.2, 0.25) is 0 Å². The molecule has 1 fully saturated rings. The van der Waals surface area contributed by atoms with E-state index in [1.165, 1.54) is 12.5 Å². The second kappa shape index (κ2) is 8.47. The van der Waals surface area contributed by atoms with E-state index in [0.717, 1.165) is 11.1 Å². The fourth-order valence-corrected chi connectivity index (χ4v) is 5.18. The summed E-state index contributed by atoms with van der Waals surface area (Å²) in [6.45, 7) is 4.54. The number of fused-ring (bicyclic) bond motifs is 2. The van der Waals surface area contributed by atoms with Gasteiger partial charge in [-0.05, 0) is 37.1 Å². The minimum atomic E-state index is -1.04. The van der Waals surface area contributed by atoms with Crippen molar-refractivity contribution in [2.75, 3.05) is 13.1 Å². The Morgan fingerprint density at radius 3 is 2.38 bits per heavy atom. The number of nitrogens with zero attached hydrogens (tertiary/aromatic N) is 5. The maximum Gasteiger partial charge on any atom is 0.343 e. The van der Waals surface area contributed by atoms with Crippen LogP contribution < -0.4 is 0 Å². The van der Waals surface area contributed by atoms with Gasteiger partial charge in [0.25, 0.3) is 11.8 Å². The Hall–Kier alpha value is -4.67. The average Bonchev–Trinajstić information content (AvgIpc) is 3.69. The highest BCUT2D eigenvalue weighted by Gasteiger charge is 2.56. The summed E-state index contributed by atoms with van der Waals surface area (Å²) in [5, 5.41) is 7.56. The van der Waals surface area contributed by atoms with Gasteiger partial charge in [0, 0.05) is 19.3 Å². The van der Waals surface area contributed by atoms with Gasteiger partial charge in [0.05, 0.1) is 17.9 Å². The first-order valence-corrected chi connectivity index (χ1v) is 11.8. The summed E-state index contributed by atoms with van der Waals surface area (Å²) >= 11 is 0. The van der Waals surface area contributed by atoms with Crippen LogP contribution in [0.3, 0.4) is 0 Å². The van der Waals surface area contributed by atoms with Crippen LogP contribution in [0.5, 0.6) is 0 Å². The summed E-state index contributed by atoms with van der Waals surface area (Å²) in [7, 11) is 0. The molecular formula is C26H23N5O6. The first-order chi connectivity index (χ1) is 17.9. The van der Waals surface area contributed by atoms with Gasteiger partial charge in [0.2, 0.25) is 0 Å². The molecule has 0 aliphatic carbocycles. The monoisotopic (exact) mass is 501 g/mol. The predicted molar refractivity (Wildman–Crippen MR) is 126 cm³/mol. The summed E-state index contributed by atoms with van der Waals surface area (Å²) in [6, 6.07) is 11.0. The molecule has 11 heteroatoms. The third-order valence-electron chi connectivity index (χ3n) is 7.11. The average molecular weight is 501 g/mol. The molecule has 2 aliphatic heterocycles. The fourth-order valence-electron chi connectivity index (χ4n) is 5.18. The number of aromatic nitrogens is 3. The molecule has 2 amide bonds. The van der Waals surface area contributed by atoms with Gasteiger partial charge in [-0.1, -0.05) is 34.6 Å². The van der Waals surface area contributed by atoms with Gasteiger partial charge in [-0.25, -0.2) is 4.79 Å². The van der Waals surface area contributed by atoms with Crippen LogP contribution in [-0.2, 0) is 23.6 Å². The topological polar surface area (TPSA) is 124 Å². The van der Waals surface area contributed by atoms with Crippen molar-refractivity contribution in [2.24, 2.45) is 0 Å². The molecule has 11 nitrogen and oxygen atoms in total. The third kappa shape index (κ3) is 3.45. The largest absolute Gasteiger partial charge is 0.457 e. The Labute approximate surface area is 211 Å². The highest BCUT2D eigenvalue weighted by Crippen LogP contribution is 2.43. The van der Waals surface area contributed by atoms with E-state index in [9.17, 15) is 14.4 Å². The Bertz CT molecular complexity index is 1520. The number of carbonyl (C=O) groups is 3. The molecule has 1 aromatic carbocycles. The van der Waals surface area contributed by atoms with Gasteiger partial charge in [0.15, 0.2) is 5.66 Å². The van der Waals surface area contributed by atoms with Gasteiger partial charge in [0.1, 0.15) is 36.0 Å². The summed E-state index contributed by atoms with van der Waals surface area (Å²) in [5.74, 6) is -0.926. The van der Waals surface area contributed by atoms with E-state index in [4.69, 9.17) is 13.8 Å². The van der Waals surface area contributed by atoms with Crippen LogP contribution in [0.1, 0.15) is 53.7 Å². The van der Waals surface area contributed by atoms with Crippen molar-refractivity contribution in [1.82, 2.24) is 24.7 Å². The molecule has 1 saturated heterocycles. The number of benzene rings is 1. The Balaban J connectivity index is 1.34. The van der Waals surface area contributed by atoms with Crippen molar-refractivity contribution in [3.8, 4) is 0 Å². The van der Waals surface area contributed by atoms with Gasteiger partial charge >= 0.3 is 5.97 Å². The maximum atomic E-state index is 13.7. The van der Waals surface area contributed by atoms with E-state index >= 15 is 0 Å². The van der Waals surface area contributed by atoms with Crippen molar-refractivity contribution in [1.29, 1.82) is 0 Å². The zero-order valence-electron chi connectivity index (χ0n) is 20.2. The molecule has 1 unspecified atom stereocenters. The number of aryl methyl sites for hydroxylation is 2. The van der Waals surface area contributed by atoms with Gasteiger partial charge < -0.3 is 28.1 Å². The van der Waals surface area contributed by atoms with E-state index in [-0.39, 0.29) is 24.0 Å². The summed E-state index contributed by atoms with van der Waals surface area (Å²) in [6.07, 6.45) is 4.44. The SMILES string of the molecule is Cc1nocc1C(=O)OCc1ccc(C23Cn4cccc4C(=O)N2CCN3C(=O)c2conc2C)cc1. The molecule has 6 rings (SSSR count). The fraction of sp³-hybridized carbons (Fsp3) is 0.269. The molecule has 3 aromatic heterocycles. The third-order valence-corrected chi connectivity index (χ3v) is 7.11. The molecule has 0 bridgehead atoms. The van der Waals surface area contributed by atoms with Crippen molar-refractivity contribution in [2.45, 2.75) is 32.7 Å². The number of hydrogen-bond acceptors (Lipinski definition) is 8. The molecular weight excluding hydrogens is 478 g/mol. The Kier molecular flexibility index (Phi) is 5.21. The Morgan fingerprint density at radius 1 is 1.00 bits per heavy atom. The standard InChI is InChI=1S/C26H23N5O6/c1-16-20(13-36-27-16)23(32)30-10-11-31-24(33)22-4-3-9-29(22)15-26(30,31)19-7-5-18(6-8-19)12-35-25(34)21-14-37-28-17(21)2/h3-9,13-14H,10-12,15H2,1-2H3. The van der Waals surface area contributed by atoms with E-state index in [0.29, 0.717) is 42.3 Å². The number of amides is 2. The van der Waals surface area contributed by atoms with Crippen molar-refractivity contribution in [3.63, 3.8) is 0 Å². The number of rotatable bonds is 5. The lowest BCUT2D eigenvalue weighted by Gasteiger charge is -2.47. The van der Waals surface area contributed by atoms with Gasteiger partial charge in [-0.2, -0.15) is 0 Å². The normalized spacial score (nSPS) is 18.6. The van der Waals surface area contributed by atoms with E-state index < -0.39 is 11.6 Å². The van der Waals surface area contributed by atoms with Crippen LogP contribution in [0.25, 0.3) is 0 Å². The molecule has 2 aliphatic rings. The predicted octanol–water partition coefficient (Wildman–Crippen LogP) is 2.90. The molecule has 37 heavy (non-hydrogen) atoms. The number of ether oxygens (including phenoxy) is 1. The number of carbonyl (C=O) groups excluding carboxylic acids is 3. The van der Waals surface area contributed by atoms with Crippen LogP contribution in [0, 0.1) is 13.8 Å². The van der Waals surface area contributed by atoms with Crippen molar-refractivity contribution < 1.29 is 28.2 Å². The van der Waals surface area contributed by atoms with Crippen LogP contribution >= 0.6 is 0 Å².